The summed E-state index contributed by atoms with van der Waals surface area (Å²) in [5.41, 5.74) is 11.2. The van der Waals surface area contributed by atoms with Crippen LogP contribution in [0.5, 0.6) is 0 Å². The van der Waals surface area contributed by atoms with Crippen LogP contribution in [0.15, 0.2) is 17.5 Å². The predicted molar refractivity (Wildman–Crippen MR) is 84.0 cm³/mol. The van der Waals surface area contributed by atoms with E-state index in [1.165, 1.54) is 28.0 Å². The van der Waals surface area contributed by atoms with E-state index in [4.69, 9.17) is 5.73 Å². The molecule has 0 aliphatic carbocycles. The van der Waals surface area contributed by atoms with Crippen molar-refractivity contribution in [1.29, 1.82) is 0 Å². The molecule has 0 saturated heterocycles. The Morgan fingerprint density at radius 3 is 2.55 bits per heavy atom. The number of aryl methyl sites for hydroxylation is 3. The molecule has 0 fully saturated rings. The van der Waals surface area contributed by atoms with Crippen LogP contribution in [-0.2, 0) is 4.79 Å². The first-order chi connectivity index (χ1) is 9.38. The van der Waals surface area contributed by atoms with Gasteiger partial charge in [0.1, 0.15) is 0 Å². The number of carbonyl (C=O) groups excluding carboxylic acids is 1. The Morgan fingerprint density at radius 2 is 1.90 bits per heavy atom. The lowest BCUT2D eigenvalue weighted by Gasteiger charge is -2.07. The van der Waals surface area contributed by atoms with Crippen molar-refractivity contribution in [2.45, 2.75) is 33.7 Å². The van der Waals surface area contributed by atoms with Gasteiger partial charge in [-0.05, 0) is 50.5 Å². The number of amides is 1. The molecule has 106 valence electrons. The highest BCUT2D eigenvalue weighted by Gasteiger charge is 2.12. The van der Waals surface area contributed by atoms with E-state index in [-0.39, 0.29) is 5.91 Å². The molecular weight excluding hydrogens is 270 g/mol. The largest absolute Gasteiger partial charge is 0.320 e. The SMILES string of the molecule is Cc1cc(C)c(-c2csc(NC(=O)[C@H](C)N)n2)cc1C. The fraction of sp³-hybridized carbons (Fsp3) is 0.333. The van der Waals surface area contributed by atoms with Crippen molar-refractivity contribution in [3.63, 3.8) is 0 Å². The Bertz CT molecular complexity index is 647. The van der Waals surface area contributed by atoms with E-state index in [0.29, 0.717) is 5.13 Å². The minimum Gasteiger partial charge on any atom is -0.320 e. The second-order valence-corrected chi connectivity index (χ2v) is 5.93. The summed E-state index contributed by atoms with van der Waals surface area (Å²) in [6.07, 6.45) is 0. The minimum absolute atomic E-state index is 0.220. The number of rotatable bonds is 3. The lowest BCUT2D eigenvalue weighted by atomic mass is 9.99. The number of nitrogens with one attached hydrogen (secondary N) is 1. The number of carbonyl (C=O) groups is 1. The number of hydrogen-bond donors (Lipinski definition) is 2. The van der Waals surface area contributed by atoms with Crippen molar-refractivity contribution in [1.82, 2.24) is 4.98 Å². The van der Waals surface area contributed by atoms with Gasteiger partial charge in [0.15, 0.2) is 5.13 Å². The third kappa shape index (κ3) is 3.05. The number of aromatic nitrogens is 1. The van der Waals surface area contributed by atoms with Gasteiger partial charge in [0.05, 0.1) is 11.7 Å². The second-order valence-electron chi connectivity index (χ2n) is 5.07. The fourth-order valence-electron chi connectivity index (χ4n) is 1.91. The zero-order valence-corrected chi connectivity index (χ0v) is 13.0. The van der Waals surface area contributed by atoms with Crippen LogP contribution in [0.4, 0.5) is 5.13 Å². The van der Waals surface area contributed by atoms with Gasteiger partial charge in [-0.1, -0.05) is 6.07 Å². The zero-order chi connectivity index (χ0) is 14.9. The van der Waals surface area contributed by atoms with Gasteiger partial charge in [0, 0.05) is 10.9 Å². The normalized spacial score (nSPS) is 12.2. The molecule has 0 bridgehead atoms. The van der Waals surface area contributed by atoms with E-state index < -0.39 is 6.04 Å². The van der Waals surface area contributed by atoms with Gasteiger partial charge in [-0.2, -0.15) is 0 Å². The molecule has 4 nitrogen and oxygen atoms in total. The van der Waals surface area contributed by atoms with E-state index >= 15 is 0 Å². The third-order valence-corrected chi connectivity index (χ3v) is 4.02. The van der Waals surface area contributed by atoms with Gasteiger partial charge in [-0.15, -0.1) is 11.3 Å². The summed E-state index contributed by atoms with van der Waals surface area (Å²) in [4.78, 5) is 16.0. The molecule has 0 spiro atoms. The molecule has 1 amide bonds. The Kier molecular flexibility index (Phi) is 4.20. The predicted octanol–water partition coefficient (Wildman–Crippen LogP) is 3.02. The molecule has 0 radical (unpaired) electrons. The van der Waals surface area contributed by atoms with Crippen LogP contribution in [0.1, 0.15) is 23.6 Å². The van der Waals surface area contributed by atoms with Crippen molar-refractivity contribution >= 4 is 22.4 Å². The Hall–Kier alpha value is -1.72. The summed E-state index contributed by atoms with van der Waals surface area (Å²) in [5, 5.41) is 5.26. The molecule has 1 atom stereocenters. The molecular formula is C15H19N3OS. The molecule has 0 unspecified atom stereocenters. The average Bonchev–Trinajstić information content (AvgIpc) is 2.82. The second kappa shape index (κ2) is 5.73. The first-order valence-electron chi connectivity index (χ1n) is 6.48. The highest BCUT2D eigenvalue weighted by Crippen LogP contribution is 2.29. The summed E-state index contributed by atoms with van der Waals surface area (Å²) >= 11 is 1.41. The number of nitrogens with zero attached hydrogens (tertiary/aromatic N) is 1. The lowest BCUT2D eigenvalue weighted by molar-refractivity contribution is -0.117. The number of hydrogen-bond acceptors (Lipinski definition) is 4. The smallest absolute Gasteiger partial charge is 0.242 e. The maximum absolute atomic E-state index is 11.6. The van der Waals surface area contributed by atoms with Gasteiger partial charge in [0.25, 0.3) is 0 Å². The monoisotopic (exact) mass is 289 g/mol. The summed E-state index contributed by atoms with van der Waals surface area (Å²) in [5.74, 6) is -0.220. The lowest BCUT2D eigenvalue weighted by Crippen LogP contribution is -2.32. The molecule has 5 heteroatoms. The van der Waals surface area contributed by atoms with Crippen LogP contribution >= 0.6 is 11.3 Å². The van der Waals surface area contributed by atoms with Crippen LogP contribution in [0.25, 0.3) is 11.3 Å². The Balaban J connectivity index is 2.29. The van der Waals surface area contributed by atoms with Crippen LogP contribution in [-0.4, -0.2) is 16.9 Å². The van der Waals surface area contributed by atoms with E-state index in [9.17, 15) is 4.79 Å². The van der Waals surface area contributed by atoms with E-state index in [2.05, 4.69) is 43.2 Å². The van der Waals surface area contributed by atoms with Gasteiger partial charge >= 0.3 is 0 Å². The minimum atomic E-state index is -0.536. The maximum atomic E-state index is 11.6. The average molecular weight is 289 g/mol. The zero-order valence-electron chi connectivity index (χ0n) is 12.2. The van der Waals surface area contributed by atoms with Crippen molar-refractivity contribution < 1.29 is 4.79 Å². The first-order valence-corrected chi connectivity index (χ1v) is 7.36. The fourth-order valence-corrected chi connectivity index (χ4v) is 2.62. The van der Waals surface area contributed by atoms with Crippen LogP contribution in [0.3, 0.4) is 0 Å². The van der Waals surface area contributed by atoms with Crippen LogP contribution in [0, 0.1) is 20.8 Å². The Labute approximate surface area is 123 Å². The third-order valence-electron chi connectivity index (χ3n) is 3.26. The van der Waals surface area contributed by atoms with Gasteiger partial charge in [-0.3, -0.25) is 4.79 Å². The van der Waals surface area contributed by atoms with Crippen molar-refractivity contribution in [2.24, 2.45) is 5.73 Å². The highest BCUT2D eigenvalue weighted by molar-refractivity contribution is 7.14. The summed E-state index contributed by atoms with van der Waals surface area (Å²) in [6, 6.07) is 3.76. The number of nitrogens with two attached hydrogens (primary N) is 1. The van der Waals surface area contributed by atoms with E-state index in [0.717, 1.165) is 11.3 Å². The summed E-state index contributed by atoms with van der Waals surface area (Å²) in [7, 11) is 0. The van der Waals surface area contributed by atoms with E-state index in [1.54, 1.807) is 6.92 Å². The van der Waals surface area contributed by atoms with Crippen molar-refractivity contribution in [3.8, 4) is 11.3 Å². The summed E-state index contributed by atoms with van der Waals surface area (Å²) in [6.45, 7) is 7.91. The highest BCUT2D eigenvalue weighted by atomic mass is 32.1. The number of anilines is 1. The van der Waals surface area contributed by atoms with Crippen LogP contribution < -0.4 is 11.1 Å². The molecule has 2 aromatic rings. The molecule has 1 aromatic carbocycles. The quantitative estimate of drug-likeness (QED) is 0.912. The molecule has 0 aliphatic rings. The molecule has 20 heavy (non-hydrogen) atoms. The molecule has 2 rings (SSSR count). The Morgan fingerprint density at radius 1 is 1.25 bits per heavy atom. The molecule has 1 heterocycles. The molecule has 1 aromatic heterocycles. The first kappa shape index (κ1) is 14.7. The van der Waals surface area contributed by atoms with Gasteiger partial charge in [-0.25, -0.2) is 4.98 Å². The summed E-state index contributed by atoms with van der Waals surface area (Å²) < 4.78 is 0. The van der Waals surface area contributed by atoms with Gasteiger partial charge < -0.3 is 11.1 Å². The topological polar surface area (TPSA) is 68.0 Å². The van der Waals surface area contributed by atoms with Gasteiger partial charge in [0.2, 0.25) is 5.91 Å². The standard InChI is InChI=1S/C15H19N3OS/c1-8-5-10(3)12(6-9(8)2)13-7-20-15(17-13)18-14(19)11(4)16/h5-7,11H,16H2,1-4H3,(H,17,18,19)/t11-/m0/s1. The number of benzene rings is 1. The number of thiazole rings is 1. The van der Waals surface area contributed by atoms with E-state index in [1.807, 2.05) is 5.38 Å². The van der Waals surface area contributed by atoms with Crippen LogP contribution in [0.2, 0.25) is 0 Å². The maximum Gasteiger partial charge on any atom is 0.242 e. The molecule has 0 aliphatic heterocycles. The van der Waals surface area contributed by atoms with Crippen molar-refractivity contribution in [2.75, 3.05) is 5.32 Å². The van der Waals surface area contributed by atoms with Crippen molar-refractivity contribution in [3.05, 3.63) is 34.2 Å². The molecule has 0 saturated carbocycles. The molecule has 3 N–H and O–H groups in total.